The lowest BCUT2D eigenvalue weighted by molar-refractivity contribution is 0.656. The van der Waals surface area contributed by atoms with Gasteiger partial charge >= 0.3 is 0 Å². The highest BCUT2D eigenvalue weighted by Gasteiger charge is 2.40. The van der Waals surface area contributed by atoms with Crippen molar-refractivity contribution >= 4 is 55.7 Å². The molecule has 4 aromatic heterocycles. The highest BCUT2D eigenvalue weighted by Crippen LogP contribution is 2.53. The zero-order valence-corrected chi connectivity index (χ0v) is 34.8. The second kappa shape index (κ2) is 11.6. The molecule has 14 rings (SSSR count). The average molecular weight is 797 g/mol. The van der Waals surface area contributed by atoms with E-state index in [1.807, 2.05) is 0 Å². The predicted molar refractivity (Wildman–Crippen MR) is 253 cm³/mol. The molecule has 0 radical (unpaired) electrons. The fourth-order valence-electron chi connectivity index (χ4n) is 11.6. The molecule has 6 nitrogen and oxygen atoms in total. The van der Waals surface area contributed by atoms with Crippen molar-refractivity contribution in [1.29, 1.82) is 0 Å². The fraction of sp³-hybridized carbons (Fsp3) is 0.107. The third kappa shape index (κ3) is 4.14. The smallest absolute Gasteiger partial charge is 0.220 e. The number of benzene rings is 8. The van der Waals surface area contributed by atoms with Crippen LogP contribution in [-0.4, -0.2) is 27.9 Å². The largest absolute Gasteiger partial charge is 0.278 e. The van der Waals surface area contributed by atoms with Crippen molar-refractivity contribution in [2.45, 2.75) is 38.5 Å². The second-order valence-corrected chi connectivity index (χ2v) is 18.3. The molecule has 0 saturated heterocycles. The molecule has 0 aliphatic heterocycles. The van der Waals surface area contributed by atoms with Crippen molar-refractivity contribution in [3.05, 3.63) is 192 Å². The summed E-state index contributed by atoms with van der Waals surface area (Å²) >= 11 is 0. The Balaban J connectivity index is 1.01. The minimum atomic E-state index is -0.184. The first-order valence-corrected chi connectivity index (χ1v) is 21.6. The molecule has 6 heteroatoms. The van der Waals surface area contributed by atoms with Crippen LogP contribution in [0.4, 0.5) is 0 Å². The van der Waals surface area contributed by atoms with E-state index in [1.54, 1.807) is 0 Å². The Morgan fingerprint density at radius 3 is 1.23 bits per heavy atom. The normalized spacial score (nSPS) is 14.7. The van der Waals surface area contributed by atoms with Gasteiger partial charge in [0.2, 0.25) is 11.6 Å². The molecule has 8 aromatic carbocycles. The molecule has 0 saturated carbocycles. The average Bonchev–Trinajstić information content (AvgIpc) is 4.11. The van der Waals surface area contributed by atoms with E-state index in [0.717, 1.165) is 66.8 Å². The van der Waals surface area contributed by atoms with Gasteiger partial charge in [0, 0.05) is 10.8 Å². The molecule has 294 valence electrons. The van der Waals surface area contributed by atoms with Crippen molar-refractivity contribution in [3.8, 4) is 44.8 Å². The van der Waals surface area contributed by atoms with Crippen LogP contribution in [0.5, 0.6) is 0 Å². The molecule has 0 amide bonds. The number of hydrogen-bond acceptors (Lipinski definition) is 2. The number of aromatic nitrogens is 6. The van der Waals surface area contributed by atoms with Gasteiger partial charge in [-0.2, -0.15) is 0 Å². The van der Waals surface area contributed by atoms with Crippen LogP contribution >= 0.6 is 0 Å². The van der Waals surface area contributed by atoms with Crippen molar-refractivity contribution in [2.75, 3.05) is 0 Å². The predicted octanol–water partition coefficient (Wildman–Crippen LogP) is 13.5. The summed E-state index contributed by atoms with van der Waals surface area (Å²) < 4.78 is 9.51. The van der Waals surface area contributed by atoms with E-state index in [-0.39, 0.29) is 10.8 Å². The van der Waals surface area contributed by atoms with E-state index >= 15 is 0 Å². The highest BCUT2D eigenvalue weighted by molar-refractivity contribution is 5.99. The summed E-state index contributed by atoms with van der Waals surface area (Å²) in [5.74, 6) is 1.83. The van der Waals surface area contributed by atoms with Crippen LogP contribution in [-0.2, 0) is 10.8 Å². The molecular weight excluding hydrogens is 757 g/mol. The van der Waals surface area contributed by atoms with Gasteiger partial charge in [-0.15, -0.1) is 0 Å². The van der Waals surface area contributed by atoms with E-state index in [1.165, 1.54) is 55.9 Å². The molecule has 0 unspecified atom stereocenters. The van der Waals surface area contributed by atoms with Crippen LogP contribution in [0.25, 0.3) is 100 Å². The standard InChI is InChI=1S/C56H40N6/c1-55(2)39-19-7-5-15-35(39)37-17-13-25-47(51(37)55)61-45-29-27-33(31-49(45)59-43-23-11-9-21-41(43)57-53(59)61)34-28-30-46-50(32-34)60-44-24-12-10-22-42(44)58-54(60)62(46)48-26-14-18-38-36-16-6-8-20-40(36)56(3,4)52(38)48/h5-32H,1-4H3. The first-order valence-electron chi connectivity index (χ1n) is 21.6. The van der Waals surface area contributed by atoms with Gasteiger partial charge in [0.1, 0.15) is 0 Å². The minimum absolute atomic E-state index is 0.184. The Morgan fingerprint density at radius 2 is 0.758 bits per heavy atom. The quantitative estimate of drug-likeness (QED) is 0.179. The molecule has 2 aliphatic carbocycles. The molecule has 0 spiro atoms. The summed E-state index contributed by atoms with van der Waals surface area (Å²) in [6.45, 7) is 9.44. The third-order valence-electron chi connectivity index (χ3n) is 14.3. The lowest BCUT2D eigenvalue weighted by atomic mass is 9.81. The Morgan fingerprint density at radius 1 is 0.355 bits per heavy atom. The van der Waals surface area contributed by atoms with Gasteiger partial charge in [0.25, 0.3) is 0 Å². The maximum absolute atomic E-state index is 5.34. The van der Waals surface area contributed by atoms with Gasteiger partial charge in [-0.25, -0.2) is 9.97 Å². The Labute approximate surface area is 357 Å². The topological polar surface area (TPSA) is 44.5 Å². The number of para-hydroxylation sites is 4. The number of imidazole rings is 4. The van der Waals surface area contributed by atoms with Gasteiger partial charge in [-0.1, -0.05) is 137 Å². The molecule has 0 fully saturated rings. The first-order chi connectivity index (χ1) is 30.3. The summed E-state index contributed by atoms with van der Waals surface area (Å²) in [6, 6.07) is 62.2. The van der Waals surface area contributed by atoms with Crippen LogP contribution in [0.15, 0.2) is 170 Å². The summed E-state index contributed by atoms with van der Waals surface area (Å²) in [5, 5.41) is 0. The maximum Gasteiger partial charge on any atom is 0.220 e. The Bertz CT molecular complexity index is 3680. The molecule has 0 atom stereocenters. The van der Waals surface area contributed by atoms with E-state index in [4.69, 9.17) is 9.97 Å². The zero-order valence-electron chi connectivity index (χ0n) is 34.8. The fourth-order valence-corrected chi connectivity index (χ4v) is 11.6. The zero-order chi connectivity index (χ0) is 41.2. The molecule has 0 N–H and O–H groups in total. The monoisotopic (exact) mass is 796 g/mol. The number of rotatable bonds is 3. The third-order valence-corrected chi connectivity index (χ3v) is 14.3. The van der Waals surface area contributed by atoms with Crippen molar-refractivity contribution in [1.82, 2.24) is 27.9 Å². The lowest BCUT2D eigenvalue weighted by Gasteiger charge is -2.25. The van der Waals surface area contributed by atoms with Crippen LogP contribution in [0.2, 0.25) is 0 Å². The maximum atomic E-state index is 5.34. The van der Waals surface area contributed by atoms with E-state index in [2.05, 4.69) is 215 Å². The van der Waals surface area contributed by atoms with E-state index in [0.29, 0.717) is 0 Å². The van der Waals surface area contributed by atoms with Gasteiger partial charge in [0.15, 0.2) is 0 Å². The van der Waals surface area contributed by atoms with Gasteiger partial charge < -0.3 is 0 Å². The highest BCUT2D eigenvalue weighted by atomic mass is 15.2. The van der Waals surface area contributed by atoms with Crippen molar-refractivity contribution in [3.63, 3.8) is 0 Å². The minimum Gasteiger partial charge on any atom is -0.278 e. The molecule has 12 aromatic rings. The Kier molecular flexibility index (Phi) is 6.35. The SMILES string of the molecule is CC1(C)c2ccccc2-c2cccc(-n3c4ccc(-c5ccc6c(c5)n5c7ccccc7nc5n6-c5cccc6c5C(C)(C)c5ccccc5-6)cc4n4c5ccccc5nc34)c21. The Hall–Kier alpha value is -7.70. The van der Waals surface area contributed by atoms with Crippen molar-refractivity contribution < 1.29 is 0 Å². The van der Waals surface area contributed by atoms with Crippen LogP contribution in [0.3, 0.4) is 0 Å². The van der Waals surface area contributed by atoms with Crippen LogP contribution < -0.4 is 0 Å². The summed E-state index contributed by atoms with van der Waals surface area (Å²) in [5.41, 5.74) is 23.5. The molecule has 62 heavy (non-hydrogen) atoms. The van der Waals surface area contributed by atoms with Gasteiger partial charge in [0.05, 0.1) is 55.5 Å². The van der Waals surface area contributed by atoms with Crippen LogP contribution in [0.1, 0.15) is 49.9 Å². The summed E-state index contributed by atoms with van der Waals surface area (Å²) in [4.78, 5) is 10.7. The van der Waals surface area contributed by atoms with E-state index in [9.17, 15) is 0 Å². The number of nitrogens with zero attached hydrogens (tertiary/aromatic N) is 6. The second-order valence-electron chi connectivity index (χ2n) is 18.3. The van der Waals surface area contributed by atoms with Crippen molar-refractivity contribution in [2.24, 2.45) is 0 Å². The van der Waals surface area contributed by atoms with E-state index < -0.39 is 0 Å². The van der Waals surface area contributed by atoms with Gasteiger partial charge in [-0.3, -0.25) is 17.9 Å². The lowest BCUT2D eigenvalue weighted by Crippen LogP contribution is -2.18. The number of hydrogen-bond donors (Lipinski definition) is 0. The molecular formula is C56H40N6. The summed E-state index contributed by atoms with van der Waals surface area (Å²) in [6.07, 6.45) is 0. The molecule has 4 heterocycles. The first kappa shape index (κ1) is 34.1. The molecule has 2 aliphatic rings. The van der Waals surface area contributed by atoms with Crippen LogP contribution in [0, 0.1) is 0 Å². The number of fused-ring (bicyclic) bond motifs is 16. The van der Waals surface area contributed by atoms with Gasteiger partial charge in [-0.05, 0) is 116 Å². The molecule has 0 bridgehead atoms. The summed E-state index contributed by atoms with van der Waals surface area (Å²) in [7, 11) is 0.